The number of benzene rings is 1. The molecule has 1 atom stereocenters. The second-order valence-electron chi connectivity index (χ2n) is 15.6. The first-order valence-corrected chi connectivity index (χ1v) is 19.1. The van der Waals surface area contributed by atoms with E-state index in [0.717, 1.165) is 79.5 Å². The predicted octanol–water partition coefficient (Wildman–Crippen LogP) is 5.53. The molecule has 6 heterocycles. The van der Waals surface area contributed by atoms with Gasteiger partial charge < -0.3 is 19.7 Å². The van der Waals surface area contributed by atoms with Gasteiger partial charge in [0.25, 0.3) is 5.91 Å². The number of amides is 3. The van der Waals surface area contributed by atoms with Gasteiger partial charge >= 0.3 is 0 Å². The van der Waals surface area contributed by atoms with E-state index >= 15 is 4.39 Å². The van der Waals surface area contributed by atoms with E-state index in [9.17, 15) is 14.4 Å². The lowest BCUT2D eigenvalue weighted by atomic mass is 9.85. The Morgan fingerprint density at radius 3 is 2.49 bits per heavy atom. The number of alkyl halides is 1. The highest BCUT2D eigenvalue weighted by Gasteiger charge is 2.46. The van der Waals surface area contributed by atoms with E-state index in [1.165, 1.54) is 0 Å². The molecular formula is C40H48FN9O3. The van der Waals surface area contributed by atoms with Crippen molar-refractivity contribution >= 4 is 46.2 Å². The summed E-state index contributed by atoms with van der Waals surface area (Å²) in [6.07, 6.45) is 11.9. The molecule has 3 amide bonds. The Kier molecular flexibility index (Phi) is 9.61. The molecule has 13 heteroatoms. The lowest BCUT2D eigenvalue weighted by Crippen LogP contribution is -2.63. The van der Waals surface area contributed by atoms with Crippen LogP contribution in [0.1, 0.15) is 91.4 Å². The summed E-state index contributed by atoms with van der Waals surface area (Å²) in [6.45, 7) is 2.68. The number of anilines is 3. The fourth-order valence-electron chi connectivity index (χ4n) is 8.69. The first kappa shape index (κ1) is 35.1. The minimum atomic E-state index is -1.20. The molecule has 4 aromatic rings. The van der Waals surface area contributed by atoms with E-state index in [2.05, 4.69) is 41.0 Å². The summed E-state index contributed by atoms with van der Waals surface area (Å²) in [4.78, 5) is 57.2. The molecular weight excluding hydrogens is 673 g/mol. The number of hydrogen-bond acceptors (Lipinski definition) is 9. The van der Waals surface area contributed by atoms with Crippen molar-refractivity contribution in [3.8, 4) is 0 Å². The molecule has 3 saturated heterocycles. The molecule has 0 spiro atoms. The van der Waals surface area contributed by atoms with Gasteiger partial charge in [-0.05, 0) is 74.3 Å². The molecule has 0 radical (unpaired) electrons. The SMILES string of the molecule is CN(C)C(=O)c1cc2cnc(Nc3ccc(N4CCC(N5CC(F)(CCc6cccc(C7CCC(=O)NC7=O)c6)C5)CC4)cn3)nc2n1C1CCCC1. The van der Waals surface area contributed by atoms with Crippen molar-refractivity contribution in [1.29, 1.82) is 0 Å². The lowest BCUT2D eigenvalue weighted by molar-refractivity contribution is -0.134. The summed E-state index contributed by atoms with van der Waals surface area (Å²) >= 11 is 0. The first-order valence-electron chi connectivity index (χ1n) is 19.1. The van der Waals surface area contributed by atoms with Gasteiger partial charge in [0.05, 0.1) is 17.8 Å². The Morgan fingerprint density at radius 2 is 1.77 bits per heavy atom. The number of pyridine rings is 1. The van der Waals surface area contributed by atoms with Crippen LogP contribution in [-0.4, -0.2) is 99.0 Å². The van der Waals surface area contributed by atoms with Gasteiger partial charge in [0.15, 0.2) is 0 Å². The van der Waals surface area contributed by atoms with E-state index in [-0.39, 0.29) is 29.7 Å². The van der Waals surface area contributed by atoms with Crippen LogP contribution in [-0.2, 0) is 16.0 Å². The van der Waals surface area contributed by atoms with Gasteiger partial charge in [0.1, 0.15) is 22.8 Å². The molecule has 1 saturated carbocycles. The zero-order valence-electron chi connectivity index (χ0n) is 30.6. The number of carbonyl (C=O) groups is 3. The third-order valence-corrected chi connectivity index (χ3v) is 11.7. The quantitative estimate of drug-likeness (QED) is 0.203. The largest absolute Gasteiger partial charge is 0.370 e. The van der Waals surface area contributed by atoms with Gasteiger partial charge in [-0.3, -0.25) is 24.6 Å². The first-order chi connectivity index (χ1) is 25.6. The second-order valence-corrected chi connectivity index (χ2v) is 15.6. The summed E-state index contributed by atoms with van der Waals surface area (Å²) in [5, 5.41) is 6.55. The summed E-state index contributed by atoms with van der Waals surface area (Å²) in [6, 6.07) is 14.4. The second kappa shape index (κ2) is 14.5. The molecule has 0 bridgehead atoms. The number of aryl methyl sites for hydroxylation is 1. The standard InChI is InChI=1S/C40H48FN9O3/c1-47(2)38(53)33-21-28-22-43-39(46-36(28)50(33)30-8-3-4-9-30)44-34-12-10-31(23-42-34)48-18-15-29(16-19-48)49-24-40(41,25-49)17-14-26-6-5-7-27(20-26)32-11-13-35(51)45-37(32)52/h5-7,10,12,20-23,29-30,32H,3-4,8-9,11,13-19,24-25H2,1-2H3,(H,45,51,52)(H,42,43,44,46). The van der Waals surface area contributed by atoms with Crippen LogP contribution in [0.2, 0.25) is 0 Å². The van der Waals surface area contributed by atoms with Crippen molar-refractivity contribution in [3.63, 3.8) is 0 Å². The maximum atomic E-state index is 15.7. The van der Waals surface area contributed by atoms with Crippen LogP contribution in [0, 0.1) is 0 Å². The van der Waals surface area contributed by atoms with Crippen LogP contribution in [0.4, 0.5) is 21.8 Å². The summed E-state index contributed by atoms with van der Waals surface area (Å²) < 4.78 is 17.8. The summed E-state index contributed by atoms with van der Waals surface area (Å²) in [5.41, 5.74) is 3.20. The third-order valence-electron chi connectivity index (χ3n) is 11.7. The smallest absolute Gasteiger partial charge is 0.270 e. The van der Waals surface area contributed by atoms with Crippen LogP contribution in [0.5, 0.6) is 0 Å². The molecule has 1 aliphatic carbocycles. The molecule has 53 heavy (non-hydrogen) atoms. The average molecular weight is 722 g/mol. The average Bonchev–Trinajstić information content (AvgIpc) is 3.81. The van der Waals surface area contributed by atoms with Crippen molar-refractivity contribution in [1.82, 2.24) is 34.6 Å². The third kappa shape index (κ3) is 7.36. The van der Waals surface area contributed by atoms with Gasteiger partial charge in [0, 0.05) is 70.4 Å². The molecule has 8 rings (SSSR count). The number of hydrogen-bond donors (Lipinski definition) is 2. The van der Waals surface area contributed by atoms with Crippen molar-refractivity contribution in [2.75, 3.05) is 50.5 Å². The molecule has 1 unspecified atom stereocenters. The molecule has 1 aromatic carbocycles. The zero-order valence-corrected chi connectivity index (χ0v) is 30.6. The number of piperidine rings is 2. The van der Waals surface area contributed by atoms with E-state index in [1.54, 1.807) is 25.2 Å². The Hall–Kier alpha value is -4.91. The van der Waals surface area contributed by atoms with Crippen LogP contribution in [0.15, 0.2) is 54.9 Å². The number of halogens is 1. The molecule has 3 aromatic heterocycles. The Balaban J connectivity index is 0.828. The predicted molar refractivity (Wildman–Crippen MR) is 201 cm³/mol. The lowest BCUT2D eigenvalue weighted by Gasteiger charge is -2.50. The summed E-state index contributed by atoms with van der Waals surface area (Å²) in [7, 11) is 3.55. The highest BCUT2D eigenvalue weighted by Crippen LogP contribution is 2.37. The topological polar surface area (TPSA) is 129 Å². The number of fused-ring (bicyclic) bond motifs is 1. The molecule has 4 aliphatic rings. The Labute approximate surface area is 309 Å². The Morgan fingerprint density at radius 1 is 0.981 bits per heavy atom. The number of nitrogens with one attached hydrogen (secondary N) is 2. The van der Waals surface area contributed by atoms with Gasteiger partial charge in [-0.1, -0.05) is 37.1 Å². The minimum absolute atomic E-state index is 0.0328. The maximum absolute atomic E-state index is 15.7. The Bertz CT molecular complexity index is 1990. The van der Waals surface area contributed by atoms with E-state index in [4.69, 9.17) is 4.98 Å². The van der Waals surface area contributed by atoms with Gasteiger partial charge in [0.2, 0.25) is 17.8 Å². The fraction of sp³-hybridized carbons (Fsp3) is 0.500. The number of aromatic nitrogens is 4. The van der Waals surface area contributed by atoms with Crippen molar-refractivity contribution in [2.45, 2.75) is 87.9 Å². The monoisotopic (exact) mass is 721 g/mol. The van der Waals surface area contributed by atoms with Gasteiger partial charge in [-0.15, -0.1) is 0 Å². The highest BCUT2D eigenvalue weighted by atomic mass is 19.1. The van der Waals surface area contributed by atoms with E-state index in [1.807, 2.05) is 42.6 Å². The number of likely N-dealkylation sites (tertiary alicyclic amines) is 1. The van der Waals surface area contributed by atoms with Crippen LogP contribution in [0.3, 0.4) is 0 Å². The van der Waals surface area contributed by atoms with Crippen molar-refractivity contribution in [2.24, 2.45) is 0 Å². The van der Waals surface area contributed by atoms with Crippen LogP contribution in [0.25, 0.3) is 11.0 Å². The van der Waals surface area contributed by atoms with Crippen molar-refractivity contribution in [3.05, 3.63) is 71.7 Å². The van der Waals surface area contributed by atoms with Crippen LogP contribution >= 0.6 is 0 Å². The highest BCUT2D eigenvalue weighted by molar-refractivity contribution is 6.01. The molecule has 278 valence electrons. The van der Waals surface area contributed by atoms with Crippen LogP contribution < -0.4 is 15.5 Å². The van der Waals surface area contributed by atoms with Gasteiger partial charge in [-0.25, -0.2) is 14.4 Å². The van der Waals surface area contributed by atoms with E-state index in [0.29, 0.717) is 62.3 Å². The molecule has 4 fully saturated rings. The minimum Gasteiger partial charge on any atom is -0.370 e. The number of nitrogens with zero attached hydrogens (tertiary/aromatic N) is 7. The number of imide groups is 1. The number of rotatable bonds is 10. The van der Waals surface area contributed by atoms with Crippen molar-refractivity contribution < 1.29 is 18.8 Å². The number of carbonyl (C=O) groups excluding carboxylic acids is 3. The van der Waals surface area contributed by atoms with Gasteiger partial charge in [-0.2, -0.15) is 4.98 Å². The molecule has 12 nitrogen and oxygen atoms in total. The normalized spacial score (nSPS) is 21.1. The van der Waals surface area contributed by atoms with E-state index < -0.39 is 5.67 Å². The fourth-order valence-corrected chi connectivity index (χ4v) is 8.69. The molecule has 2 N–H and O–H groups in total. The molecule has 3 aliphatic heterocycles. The zero-order chi connectivity index (χ0) is 36.7. The summed E-state index contributed by atoms with van der Waals surface area (Å²) in [5.74, 6) is 0.270. The maximum Gasteiger partial charge on any atom is 0.270 e.